The van der Waals surface area contributed by atoms with E-state index in [1.807, 2.05) is 0 Å². The first-order valence-electron chi connectivity index (χ1n) is 11.1. The van der Waals surface area contributed by atoms with Gasteiger partial charge in [-0.15, -0.1) is 0 Å². The molecule has 33 heavy (non-hydrogen) atoms. The number of phenols is 3. The lowest BCUT2D eigenvalue weighted by Crippen LogP contribution is -2.37. The minimum Gasteiger partial charge on any atom is -0.508 e. The van der Waals surface area contributed by atoms with Crippen molar-refractivity contribution in [2.45, 2.75) is 75.0 Å². The Morgan fingerprint density at radius 3 is 1.67 bits per heavy atom. The van der Waals surface area contributed by atoms with Crippen molar-refractivity contribution in [3.8, 4) is 17.2 Å². The van der Waals surface area contributed by atoms with Gasteiger partial charge in [-0.25, -0.2) is 16.8 Å². The van der Waals surface area contributed by atoms with Crippen molar-refractivity contribution in [3.05, 3.63) is 42.0 Å². The van der Waals surface area contributed by atoms with Crippen LogP contribution in [0.3, 0.4) is 0 Å². The van der Waals surface area contributed by atoms with Crippen molar-refractivity contribution in [3.63, 3.8) is 0 Å². The number of aromatic hydroxyl groups is 3. The van der Waals surface area contributed by atoms with E-state index in [2.05, 4.69) is 6.92 Å². The van der Waals surface area contributed by atoms with Crippen LogP contribution in [0.15, 0.2) is 46.2 Å². The largest absolute Gasteiger partial charge is 0.508 e. The number of hydrogen-bond acceptors (Lipinski definition) is 7. The highest BCUT2D eigenvalue weighted by molar-refractivity contribution is 8.04. The van der Waals surface area contributed by atoms with Crippen molar-refractivity contribution in [1.29, 1.82) is 0 Å². The van der Waals surface area contributed by atoms with Crippen LogP contribution >= 0.6 is 0 Å². The molecule has 2 rings (SSSR count). The molecule has 0 saturated heterocycles. The highest BCUT2D eigenvalue weighted by Gasteiger charge is 2.37. The van der Waals surface area contributed by atoms with E-state index in [0.29, 0.717) is 22.1 Å². The Kier molecular flexibility index (Phi) is 9.57. The normalized spacial score (nSPS) is 12.3. The molecule has 0 spiro atoms. The predicted octanol–water partition coefficient (Wildman–Crippen LogP) is 4.63. The summed E-state index contributed by atoms with van der Waals surface area (Å²) in [5.74, 6) is -1.45. The summed E-state index contributed by atoms with van der Waals surface area (Å²) in [5, 5.41) is 29.2. The second kappa shape index (κ2) is 11.7. The molecular formula is C23H33NO7S2. The number of sulfonamides is 2. The molecule has 2 aromatic rings. The first-order chi connectivity index (χ1) is 15.5. The maximum absolute atomic E-state index is 13.3. The second-order valence-corrected chi connectivity index (χ2v) is 12.0. The van der Waals surface area contributed by atoms with Gasteiger partial charge in [0.1, 0.15) is 5.75 Å². The van der Waals surface area contributed by atoms with E-state index in [1.54, 1.807) is 6.92 Å². The van der Waals surface area contributed by atoms with Gasteiger partial charge in [0.05, 0.1) is 9.79 Å². The summed E-state index contributed by atoms with van der Waals surface area (Å²) in [6.45, 7) is 3.45. The van der Waals surface area contributed by atoms with Gasteiger partial charge in [0, 0.05) is 18.7 Å². The summed E-state index contributed by atoms with van der Waals surface area (Å²) in [5.41, 5.74) is 0.454. The monoisotopic (exact) mass is 499 g/mol. The van der Waals surface area contributed by atoms with E-state index in [9.17, 15) is 32.2 Å². The van der Waals surface area contributed by atoms with Gasteiger partial charge in [0.25, 0.3) is 20.0 Å². The summed E-state index contributed by atoms with van der Waals surface area (Å²) < 4.78 is 53.7. The Labute approximate surface area is 196 Å². The quantitative estimate of drug-likeness (QED) is 0.270. The molecule has 2 aromatic carbocycles. The molecule has 0 radical (unpaired) electrons. The summed E-state index contributed by atoms with van der Waals surface area (Å²) in [6.07, 6.45) is 7.40. The predicted molar refractivity (Wildman–Crippen MR) is 126 cm³/mol. The van der Waals surface area contributed by atoms with E-state index >= 15 is 0 Å². The van der Waals surface area contributed by atoms with Gasteiger partial charge in [0.2, 0.25) is 0 Å². The first-order valence-corrected chi connectivity index (χ1v) is 14.0. The minimum atomic E-state index is -4.58. The minimum absolute atomic E-state index is 0.261. The number of hydrogen-bond donors (Lipinski definition) is 3. The Morgan fingerprint density at radius 2 is 1.15 bits per heavy atom. The molecule has 0 heterocycles. The van der Waals surface area contributed by atoms with Crippen LogP contribution in [0.2, 0.25) is 0 Å². The molecule has 0 aliphatic carbocycles. The molecule has 0 aliphatic rings. The van der Waals surface area contributed by atoms with Gasteiger partial charge >= 0.3 is 0 Å². The molecular weight excluding hydrogens is 466 g/mol. The molecule has 0 aliphatic heterocycles. The summed E-state index contributed by atoms with van der Waals surface area (Å²) in [6, 6.07) is 6.50. The zero-order valence-corrected chi connectivity index (χ0v) is 20.7. The van der Waals surface area contributed by atoms with Gasteiger partial charge in [0.15, 0.2) is 11.5 Å². The van der Waals surface area contributed by atoms with Gasteiger partial charge in [-0.1, -0.05) is 61.6 Å². The zero-order chi connectivity index (χ0) is 24.6. The van der Waals surface area contributed by atoms with Crippen molar-refractivity contribution in [1.82, 2.24) is 3.71 Å². The number of nitrogens with zero attached hydrogens (tertiary/aromatic N) is 1. The maximum atomic E-state index is 13.3. The van der Waals surface area contributed by atoms with Crippen LogP contribution in [0.1, 0.15) is 63.9 Å². The van der Waals surface area contributed by atoms with Gasteiger partial charge in [-0.3, -0.25) is 0 Å². The standard InChI is InChI=1S/C23H33NO7S2/c1-3-4-5-6-7-8-9-10-15-24(32(28,29)19-12-11-18(2)22(26)16-19)33(30,31)20-13-14-21(25)23(27)17-20/h11-14,16-17,25-27H,3-10,15H2,1-2H3. The smallest absolute Gasteiger partial charge is 0.256 e. The molecule has 0 amide bonds. The Hall–Kier alpha value is -2.30. The SMILES string of the molecule is CCCCCCCCCCN(S(=O)(=O)c1ccc(C)c(O)c1)S(=O)(=O)c1ccc(O)c(O)c1. The van der Waals surface area contributed by atoms with Crippen LogP contribution < -0.4 is 0 Å². The van der Waals surface area contributed by atoms with Crippen LogP contribution in [0, 0.1) is 6.92 Å². The summed E-state index contributed by atoms with van der Waals surface area (Å²) >= 11 is 0. The fraction of sp³-hybridized carbons (Fsp3) is 0.478. The third-order valence-corrected chi connectivity index (χ3v) is 9.77. The number of benzene rings is 2. The molecule has 0 unspecified atom stereocenters. The first kappa shape index (κ1) is 26.9. The number of unbranched alkanes of at least 4 members (excludes halogenated alkanes) is 7. The average molecular weight is 500 g/mol. The van der Waals surface area contributed by atoms with Crippen LogP contribution in [-0.4, -0.2) is 42.4 Å². The number of aryl methyl sites for hydroxylation is 1. The molecule has 184 valence electrons. The molecule has 0 bridgehead atoms. The van der Waals surface area contributed by atoms with Crippen molar-refractivity contribution in [2.24, 2.45) is 0 Å². The lowest BCUT2D eigenvalue weighted by atomic mass is 10.1. The van der Waals surface area contributed by atoms with Gasteiger partial charge in [-0.05, 0) is 37.1 Å². The van der Waals surface area contributed by atoms with E-state index < -0.39 is 36.4 Å². The van der Waals surface area contributed by atoms with Crippen LogP contribution in [0.5, 0.6) is 17.2 Å². The van der Waals surface area contributed by atoms with Crippen molar-refractivity contribution < 1.29 is 32.2 Å². The Morgan fingerprint density at radius 1 is 0.667 bits per heavy atom. The Bertz CT molecular complexity index is 1060. The lowest BCUT2D eigenvalue weighted by molar-refractivity contribution is 0.402. The summed E-state index contributed by atoms with van der Waals surface area (Å²) in [4.78, 5) is -0.811. The zero-order valence-electron chi connectivity index (χ0n) is 19.1. The lowest BCUT2D eigenvalue weighted by Gasteiger charge is -2.22. The van der Waals surface area contributed by atoms with Crippen LogP contribution in [-0.2, 0) is 20.0 Å². The average Bonchev–Trinajstić information content (AvgIpc) is 2.75. The highest BCUT2D eigenvalue weighted by Crippen LogP contribution is 2.32. The topological polar surface area (TPSA) is 132 Å². The molecule has 3 N–H and O–H groups in total. The molecule has 8 nitrogen and oxygen atoms in total. The molecule has 0 atom stereocenters. The highest BCUT2D eigenvalue weighted by atomic mass is 32.3. The molecule has 10 heteroatoms. The maximum Gasteiger partial charge on any atom is 0.256 e. The van der Waals surface area contributed by atoms with E-state index in [0.717, 1.165) is 56.4 Å². The van der Waals surface area contributed by atoms with Crippen molar-refractivity contribution in [2.75, 3.05) is 6.54 Å². The van der Waals surface area contributed by atoms with Crippen LogP contribution in [0.25, 0.3) is 0 Å². The second-order valence-electron chi connectivity index (χ2n) is 8.08. The summed E-state index contributed by atoms with van der Waals surface area (Å²) in [7, 11) is -9.11. The number of phenolic OH excluding ortho intramolecular Hbond substituents is 3. The van der Waals surface area contributed by atoms with Gasteiger partial charge in [-0.2, -0.15) is 0 Å². The molecule has 0 aromatic heterocycles. The molecule has 0 saturated carbocycles. The van der Waals surface area contributed by atoms with E-state index in [1.165, 1.54) is 18.6 Å². The van der Waals surface area contributed by atoms with Crippen LogP contribution in [0.4, 0.5) is 0 Å². The Balaban J connectivity index is 2.31. The fourth-order valence-electron chi connectivity index (χ4n) is 3.39. The fourth-order valence-corrected chi connectivity index (χ4v) is 7.15. The van der Waals surface area contributed by atoms with E-state index in [-0.39, 0.29) is 17.2 Å². The number of rotatable bonds is 13. The molecule has 0 fully saturated rings. The van der Waals surface area contributed by atoms with Crippen molar-refractivity contribution >= 4 is 20.0 Å². The van der Waals surface area contributed by atoms with Gasteiger partial charge < -0.3 is 15.3 Å². The van der Waals surface area contributed by atoms with E-state index in [4.69, 9.17) is 0 Å². The third kappa shape index (κ3) is 6.84. The third-order valence-electron chi connectivity index (χ3n) is 5.45.